The average Bonchev–Trinajstić information content (AvgIpc) is 3.14. The van der Waals surface area contributed by atoms with Crippen molar-refractivity contribution < 1.29 is 0 Å². The first-order chi connectivity index (χ1) is 12.6. The van der Waals surface area contributed by atoms with Gasteiger partial charge < -0.3 is 14.8 Å². The van der Waals surface area contributed by atoms with Gasteiger partial charge in [-0.25, -0.2) is 0 Å². The van der Waals surface area contributed by atoms with Crippen molar-refractivity contribution in [3.63, 3.8) is 0 Å². The van der Waals surface area contributed by atoms with Gasteiger partial charge in [0, 0.05) is 48.1 Å². The summed E-state index contributed by atoms with van der Waals surface area (Å²) in [4.78, 5) is 6.39. The molecule has 0 spiro atoms. The van der Waals surface area contributed by atoms with Gasteiger partial charge in [-0.05, 0) is 66.7 Å². The molecule has 6 heteroatoms. The molecular weight excluding hydrogens is 364 g/mol. The highest BCUT2D eigenvalue weighted by Crippen LogP contribution is 2.33. The maximum absolute atomic E-state index is 6.25. The van der Waals surface area contributed by atoms with Crippen LogP contribution in [0.2, 0.25) is 5.02 Å². The Labute approximate surface area is 163 Å². The summed E-state index contributed by atoms with van der Waals surface area (Å²) in [5.41, 5.74) is 4.34. The van der Waals surface area contributed by atoms with Crippen molar-refractivity contribution in [3.8, 4) is 0 Å². The van der Waals surface area contributed by atoms with E-state index in [1.54, 1.807) is 0 Å². The highest BCUT2D eigenvalue weighted by Gasteiger charge is 2.30. The molecule has 1 unspecified atom stereocenters. The van der Waals surface area contributed by atoms with Crippen molar-refractivity contribution in [2.75, 3.05) is 11.9 Å². The molecule has 0 bridgehead atoms. The lowest BCUT2D eigenvalue weighted by molar-refractivity contribution is 0.293. The first-order valence-corrected chi connectivity index (χ1v) is 9.31. The molecule has 0 fully saturated rings. The fraction of sp³-hybridized carbons (Fsp3) is 0.200. The van der Waals surface area contributed by atoms with Crippen molar-refractivity contribution in [2.45, 2.75) is 19.5 Å². The fourth-order valence-electron chi connectivity index (χ4n) is 3.43. The highest BCUT2D eigenvalue weighted by atomic mass is 35.5. The summed E-state index contributed by atoms with van der Waals surface area (Å²) in [6.07, 6.45) is 5.78. The molecule has 132 valence electrons. The van der Waals surface area contributed by atoms with Crippen LogP contribution in [0.15, 0.2) is 61.1 Å². The van der Waals surface area contributed by atoms with E-state index < -0.39 is 0 Å². The van der Waals surface area contributed by atoms with Crippen LogP contribution in [0.1, 0.15) is 22.9 Å². The molecule has 1 atom stereocenters. The number of thiocarbonyl (C=S) groups is 1. The van der Waals surface area contributed by atoms with E-state index in [4.69, 9.17) is 23.8 Å². The van der Waals surface area contributed by atoms with E-state index in [0.717, 1.165) is 29.4 Å². The summed E-state index contributed by atoms with van der Waals surface area (Å²) in [6.45, 7) is 3.73. The molecule has 0 saturated heterocycles. The molecule has 3 heterocycles. The topological polar surface area (TPSA) is 33.1 Å². The largest absolute Gasteiger partial charge is 0.348 e. The molecule has 0 saturated carbocycles. The van der Waals surface area contributed by atoms with Gasteiger partial charge in [-0.2, -0.15) is 0 Å². The predicted octanol–water partition coefficient (Wildman–Crippen LogP) is 4.65. The quantitative estimate of drug-likeness (QED) is 0.654. The maximum Gasteiger partial charge on any atom is 0.174 e. The first kappa shape index (κ1) is 17.1. The summed E-state index contributed by atoms with van der Waals surface area (Å²) in [7, 11) is 0. The van der Waals surface area contributed by atoms with Gasteiger partial charge in [0.1, 0.15) is 0 Å². The van der Waals surface area contributed by atoms with Crippen molar-refractivity contribution in [1.82, 2.24) is 14.5 Å². The van der Waals surface area contributed by atoms with Gasteiger partial charge in [0.05, 0.1) is 6.04 Å². The number of halogens is 1. The normalized spacial score (nSPS) is 16.2. The minimum absolute atomic E-state index is 0.0567. The molecule has 1 aliphatic rings. The number of pyridine rings is 1. The van der Waals surface area contributed by atoms with Gasteiger partial charge in [-0.1, -0.05) is 17.7 Å². The molecule has 0 aliphatic carbocycles. The predicted molar refractivity (Wildman–Crippen MR) is 110 cm³/mol. The van der Waals surface area contributed by atoms with E-state index in [2.05, 4.69) is 38.1 Å². The number of fused-ring (bicyclic) bond motifs is 1. The third-order valence-corrected chi connectivity index (χ3v) is 5.58. The molecule has 4 rings (SSSR count). The van der Waals surface area contributed by atoms with Crippen molar-refractivity contribution in [3.05, 3.63) is 82.9 Å². The summed E-state index contributed by atoms with van der Waals surface area (Å²) < 4.78 is 2.29. The van der Waals surface area contributed by atoms with Crippen LogP contribution in [0.4, 0.5) is 5.69 Å². The Morgan fingerprint density at radius 1 is 1.15 bits per heavy atom. The number of benzene rings is 1. The average molecular weight is 383 g/mol. The van der Waals surface area contributed by atoms with E-state index >= 15 is 0 Å². The lowest BCUT2D eigenvalue weighted by atomic mass is 10.0. The van der Waals surface area contributed by atoms with Gasteiger partial charge in [0.25, 0.3) is 0 Å². The SMILES string of the molecule is Cc1c(Cl)cccc1NC(=S)N1CCn2cccc2C1c1ccncc1. The number of aromatic nitrogens is 2. The standard InChI is InChI=1S/C20H19ClN4S/c1-14-16(21)4-2-5-17(14)23-20(26)25-13-12-24-11-3-6-18(24)19(25)15-7-9-22-10-8-15/h2-11,19H,12-13H2,1H3,(H,23,26). The number of anilines is 1. The van der Waals surface area contributed by atoms with Crippen LogP contribution in [-0.4, -0.2) is 26.1 Å². The first-order valence-electron chi connectivity index (χ1n) is 8.53. The maximum atomic E-state index is 6.25. The van der Waals surface area contributed by atoms with Crippen molar-refractivity contribution in [2.24, 2.45) is 0 Å². The van der Waals surface area contributed by atoms with Crippen LogP contribution in [0.25, 0.3) is 0 Å². The van der Waals surface area contributed by atoms with Crippen LogP contribution < -0.4 is 5.32 Å². The third-order valence-electron chi connectivity index (χ3n) is 4.83. The van der Waals surface area contributed by atoms with Gasteiger partial charge >= 0.3 is 0 Å². The van der Waals surface area contributed by atoms with Gasteiger partial charge in [-0.3, -0.25) is 4.98 Å². The smallest absolute Gasteiger partial charge is 0.174 e. The van der Waals surface area contributed by atoms with Gasteiger partial charge in [-0.15, -0.1) is 0 Å². The Bertz CT molecular complexity index is 938. The van der Waals surface area contributed by atoms with E-state index in [-0.39, 0.29) is 6.04 Å². The Kier molecular flexibility index (Phi) is 4.66. The lowest BCUT2D eigenvalue weighted by Gasteiger charge is -2.39. The summed E-state index contributed by atoms with van der Waals surface area (Å²) in [6, 6.07) is 14.2. The molecule has 0 amide bonds. The van der Waals surface area contributed by atoms with Crippen LogP contribution in [0, 0.1) is 6.92 Å². The van der Waals surface area contributed by atoms with Crippen LogP contribution in [0.3, 0.4) is 0 Å². The second-order valence-electron chi connectivity index (χ2n) is 6.35. The number of nitrogens with zero attached hydrogens (tertiary/aromatic N) is 3. The summed E-state index contributed by atoms with van der Waals surface area (Å²) in [5.74, 6) is 0. The Balaban J connectivity index is 1.68. The van der Waals surface area contributed by atoms with E-state index in [1.807, 2.05) is 49.6 Å². The summed E-state index contributed by atoms with van der Waals surface area (Å²) >= 11 is 12.0. The molecule has 1 aromatic carbocycles. The fourth-order valence-corrected chi connectivity index (χ4v) is 3.91. The second-order valence-corrected chi connectivity index (χ2v) is 7.14. The Hall–Kier alpha value is -2.37. The third kappa shape index (κ3) is 3.08. The minimum atomic E-state index is 0.0567. The molecule has 26 heavy (non-hydrogen) atoms. The zero-order valence-electron chi connectivity index (χ0n) is 14.4. The number of hydrogen-bond donors (Lipinski definition) is 1. The lowest BCUT2D eigenvalue weighted by Crippen LogP contribution is -2.44. The number of nitrogens with one attached hydrogen (secondary N) is 1. The second kappa shape index (κ2) is 7.09. The zero-order valence-corrected chi connectivity index (χ0v) is 16.0. The summed E-state index contributed by atoms with van der Waals surface area (Å²) in [5, 5.41) is 4.82. The van der Waals surface area contributed by atoms with Crippen LogP contribution in [-0.2, 0) is 6.54 Å². The molecule has 0 radical (unpaired) electrons. The van der Waals surface area contributed by atoms with E-state index in [1.165, 1.54) is 11.3 Å². The highest BCUT2D eigenvalue weighted by molar-refractivity contribution is 7.80. The van der Waals surface area contributed by atoms with E-state index in [9.17, 15) is 0 Å². The molecule has 1 aliphatic heterocycles. The van der Waals surface area contributed by atoms with Crippen molar-refractivity contribution >= 4 is 34.6 Å². The van der Waals surface area contributed by atoms with Crippen LogP contribution in [0.5, 0.6) is 0 Å². The number of rotatable bonds is 2. The number of hydrogen-bond acceptors (Lipinski definition) is 2. The van der Waals surface area contributed by atoms with Gasteiger partial charge in [0.2, 0.25) is 0 Å². The molecule has 2 aromatic heterocycles. The zero-order chi connectivity index (χ0) is 18.1. The minimum Gasteiger partial charge on any atom is -0.348 e. The molecule has 1 N–H and O–H groups in total. The molecular formula is C20H19ClN4S. The Morgan fingerprint density at radius 3 is 2.77 bits per heavy atom. The molecule has 3 aromatic rings. The molecule has 4 nitrogen and oxygen atoms in total. The Morgan fingerprint density at radius 2 is 1.96 bits per heavy atom. The monoisotopic (exact) mass is 382 g/mol. The van der Waals surface area contributed by atoms with Gasteiger partial charge in [0.15, 0.2) is 5.11 Å². The van der Waals surface area contributed by atoms with E-state index in [0.29, 0.717) is 5.11 Å². The van der Waals surface area contributed by atoms with Crippen molar-refractivity contribution in [1.29, 1.82) is 0 Å². The van der Waals surface area contributed by atoms with Crippen LogP contribution >= 0.6 is 23.8 Å².